The molecule has 1 saturated heterocycles. The van der Waals surface area contributed by atoms with Crippen molar-refractivity contribution in [2.45, 2.75) is 64.1 Å². The van der Waals surface area contributed by atoms with E-state index in [1.807, 2.05) is 23.2 Å². The summed E-state index contributed by atoms with van der Waals surface area (Å²) in [5.74, 6) is 1.03. The van der Waals surface area contributed by atoms with Crippen molar-refractivity contribution in [2.24, 2.45) is 5.92 Å². The topological polar surface area (TPSA) is 45.2 Å². The number of nitrogens with zero attached hydrogens (tertiary/aromatic N) is 2. The maximum atomic E-state index is 12.2. The van der Waals surface area contributed by atoms with E-state index in [0.29, 0.717) is 12.5 Å². The van der Waals surface area contributed by atoms with Gasteiger partial charge in [0.15, 0.2) is 0 Å². The van der Waals surface area contributed by atoms with E-state index < -0.39 is 0 Å². The molecule has 2 aliphatic rings. The molecule has 4 heteroatoms. The summed E-state index contributed by atoms with van der Waals surface area (Å²) in [6.07, 6.45) is 6.05. The molecule has 4 nitrogen and oxygen atoms in total. The second kappa shape index (κ2) is 5.99. The Hall–Kier alpha value is -1.42. The summed E-state index contributed by atoms with van der Waals surface area (Å²) in [7, 11) is 0. The van der Waals surface area contributed by atoms with Crippen LogP contribution in [0.4, 0.5) is 0 Å². The fourth-order valence-corrected chi connectivity index (χ4v) is 3.37. The Morgan fingerprint density at radius 2 is 2.14 bits per heavy atom. The third kappa shape index (κ3) is 3.67. The highest BCUT2D eigenvalue weighted by Crippen LogP contribution is 2.35. The predicted octanol–water partition coefficient (Wildman–Crippen LogP) is 2.39. The van der Waals surface area contributed by atoms with E-state index in [1.165, 1.54) is 12.8 Å². The molecule has 0 unspecified atom stereocenters. The van der Waals surface area contributed by atoms with Crippen molar-refractivity contribution in [1.29, 1.82) is 0 Å². The molecule has 1 N–H and O–H groups in total. The molecule has 22 heavy (non-hydrogen) atoms. The van der Waals surface area contributed by atoms with Crippen molar-refractivity contribution in [3.8, 4) is 0 Å². The fourth-order valence-electron chi connectivity index (χ4n) is 3.37. The molecule has 1 aromatic heterocycles. The standard InChI is InChI=1S/C18H27N3O/c1-18(2,3)21-12-15(11-17(21)22)20-16(13-7-8-13)10-14-6-4-5-9-19-14/h4-6,9,13,15-16,20H,7-8,10-12H2,1-3H3/t15-,16+/m1/s1. The molecule has 0 bridgehead atoms. The van der Waals surface area contributed by atoms with Crippen molar-refractivity contribution in [3.63, 3.8) is 0 Å². The summed E-state index contributed by atoms with van der Waals surface area (Å²) in [4.78, 5) is 18.7. The van der Waals surface area contributed by atoms with Crippen LogP contribution in [0, 0.1) is 5.92 Å². The lowest BCUT2D eigenvalue weighted by Crippen LogP contribution is -2.46. The van der Waals surface area contributed by atoms with E-state index in [-0.39, 0.29) is 17.5 Å². The molecular formula is C18H27N3O. The quantitative estimate of drug-likeness (QED) is 0.908. The lowest BCUT2D eigenvalue weighted by atomic mass is 10.0. The van der Waals surface area contributed by atoms with Gasteiger partial charge in [0, 0.05) is 48.9 Å². The van der Waals surface area contributed by atoms with Crippen molar-refractivity contribution in [2.75, 3.05) is 6.54 Å². The monoisotopic (exact) mass is 301 g/mol. The first-order chi connectivity index (χ1) is 10.4. The van der Waals surface area contributed by atoms with Crippen molar-refractivity contribution in [1.82, 2.24) is 15.2 Å². The highest BCUT2D eigenvalue weighted by Gasteiger charge is 2.39. The van der Waals surface area contributed by atoms with E-state index in [2.05, 4.69) is 37.1 Å². The number of hydrogen-bond acceptors (Lipinski definition) is 3. The first-order valence-electron chi connectivity index (χ1n) is 8.40. The van der Waals surface area contributed by atoms with Crippen LogP contribution in [0.25, 0.3) is 0 Å². The molecular weight excluding hydrogens is 274 g/mol. The van der Waals surface area contributed by atoms with Gasteiger partial charge < -0.3 is 10.2 Å². The molecule has 1 aromatic rings. The van der Waals surface area contributed by atoms with E-state index in [0.717, 1.165) is 24.6 Å². The number of likely N-dealkylation sites (tertiary alicyclic amines) is 1. The number of hydrogen-bond donors (Lipinski definition) is 1. The number of carbonyl (C=O) groups is 1. The highest BCUT2D eigenvalue weighted by molar-refractivity contribution is 5.80. The van der Waals surface area contributed by atoms with Gasteiger partial charge in [-0.3, -0.25) is 9.78 Å². The van der Waals surface area contributed by atoms with Gasteiger partial charge in [-0.05, 0) is 51.7 Å². The van der Waals surface area contributed by atoms with Gasteiger partial charge in [-0.15, -0.1) is 0 Å². The molecule has 2 atom stereocenters. The number of pyridine rings is 1. The van der Waals surface area contributed by atoms with E-state index >= 15 is 0 Å². The van der Waals surface area contributed by atoms with Crippen molar-refractivity contribution >= 4 is 5.91 Å². The van der Waals surface area contributed by atoms with Gasteiger partial charge in [0.25, 0.3) is 0 Å². The Morgan fingerprint density at radius 1 is 1.36 bits per heavy atom. The lowest BCUT2D eigenvalue weighted by Gasteiger charge is -2.32. The Balaban J connectivity index is 1.62. The third-order valence-corrected chi connectivity index (χ3v) is 4.73. The van der Waals surface area contributed by atoms with Gasteiger partial charge in [0.1, 0.15) is 0 Å². The minimum atomic E-state index is -0.0798. The van der Waals surface area contributed by atoms with Crippen LogP contribution in [0.3, 0.4) is 0 Å². The van der Waals surface area contributed by atoms with Crippen LogP contribution in [-0.4, -0.2) is 40.0 Å². The molecule has 1 aliphatic carbocycles. The van der Waals surface area contributed by atoms with Crippen LogP contribution in [-0.2, 0) is 11.2 Å². The summed E-state index contributed by atoms with van der Waals surface area (Å²) in [6.45, 7) is 7.16. The minimum absolute atomic E-state index is 0.0798. The SMILES string of the molecule is CC(C)(C)N1C[C@H](N[C@@H](Cc2ccccn2)C2CC2)CC1=O. The van der Waals surface area contributed by atoms with E-state index in [4.69, 9.17) is 0 Å². The summed E-state index contributed by atoms with van der Waals surface area (Å²) < 4.78 is 0. The van der Waals surface area contributed by atoms with Gasteiger partial charge in [-0.1, -0.05) is 6.07 Å². The minimum Gasteiger partial charge on any atom is -0.336 e. The second-order valence-corrected chi connectivity index (χ2v) is 7.71. The maximum absolute atomic E-state index is 12.2. The van der Waals surface area contributed by atoms with Crippen LogP contribution in [0.2, 0.25) is 0 Å². The molecule has 1 amide bonds. The Labute approximate surface area is 133 Å². The summed E-state index contributed by atoms with van der Waals surface area (Å²) >= 11 is 0. The van der Waals surface area contributed by atoms with Crippen LogP contribution in [0.1, 0.15) is 45.7 Å². The summed E-state index contributed by atoms with van der Waals surface area (Å²) in [5, 5.41) is 3.76. The number of amides is 1. The van der Waals surface area contributed by atoms with Gasteiger partial charge >= 0.3 is 0 Å². The second-order valence-electron chi connectivity index (χ2n) is 7.71. The average molecular weight is 301 g/mol. The lowest BCUT2D eigenvalue weighted by molar-refractivity contribution is -0.131. The fraction of sp³-hybridized carbons (Fsp3) is 0.667. The molecule has 120 valence electrons. The smallest absolute Gasteiger partial charge is 0.224 e. The Kier molecular flexibility index (Phi) is 4.22. The van der Waals surface area contributed by atoms with Gasteiger partial charge in [0.2, 0.25) is 5.91 Å². The number of aromatic nitrogens is 1. The average Bonchev–Trinajstić information content (AvgIpc) is 3.22. The zero-order valence-corrected chi connectivity index (χ0v) is 13.9. The van der Waals surface area contributed by atoms with E-state index in [1.54, 1.807) is 0 Å². The first-order valence-corrected chi connectivity index (χ1v) is 8.40. The molecule has 0 spiro atoms. The van der Waals surface area contributed by atoms with Gasteiger partial charge in [-0.2, -0.15) is 0 Å². The first kappa shape index (κ1) is 15.5. The predicted molar refractivity (Wildman–Crippen MR) is 87.5 cm³/mol. The molecule has 1 aliphatic heterocycles. The molecule has 1 saturated carbocycles. The van der Waals surface area contributed by atoms with Crippen LogP contribution in [0.5, 0.6) is 0 Å². The van der Waals surface area contributed by atoms with Crippen molar-refractivity contribution < 1.29 is 4.79 Å². The number of rotatable bonds is 5. The van der Waals surface area contributed by atoms with Crippen molar-refractivity contribution in [3.05, 3.63) is 30.1 Å². The summed E-state index contributed by atoms with van der Waals surface area (Å²) in [5.41, 5.74) is 1.06. The van der Waals surface area contributed by atoms with Crippen LogP contribution < -0.4 is 5.32 Å². The van der Waals surface area contributed by atoms with Gasteiger partial charge in [-0.25, -0.2) is 0 Å². The zero-order valence-electron chi connectivity index (χ0n) is 13.9. The Bertz CT molecular complexity index is 519. The zero-order chi connectivity index (χ0) is 15.7. The van der Waals surface area contributed by atoms with Gasteiger partial charge in [0.05, 0.1) is 0 Å². The molecule has 2 fully saturated rings. The molecule has 2 heterocycles. The largest absolute Gasteiger partial charge is 0.336 e. The molecule has 0 radical (unpaired) electrons. The summed E-state index contributed by atoms with van der Waals surface area (Å²) in [6, 6.07) is 6.83. The number of nitrogens with one attached hydrogen (secondary N) is 1. The normalized spacial score (nSPS) is 23.9. The van der Waals surface area contributed by atoms with Crippen LogP contribution >= 0.6 is 0 Å². The highest BCUT2D eigenvalue weighted by atomic mass is 16.2. The molecule has 3 rings (SSSR count). The van der Waals surface area contributed by atoms with Crippen LogP contribution in [0.15, 0.2) is 24.4 Å². The van der Waals surface area contributed by atoms with E-state index in [9.17, 15) is 4.79 Å². The Morgan fingerprint density at radius 3 is 2.68 bits per heavy atom. The molecule has 0 aromatic carbocycles. The number of carbonyl (C=O) groups excluding carboxylic acids is 1. The maximum Gasteiger partial charge on any atom is 0.224 e. The third-order valence-electron chi connectivity index (χ3n) is 4.73.